The third-order valence-electron chi connectivity index (χ3n) is 3.49. The molecule has 0 saturated heterocycles. The lowest BCUT2D eigenvalue weighted by Gasteiger charge is -2.31. The number of nitrogens with zero attached hydrogens (tertiary/aromatic N) is 2. The number of aromatic nitrogens is 1. The minimum atomic E-state index is 0.910. The second kappa shape index (κ2) is 4.06. The second-order valence-corrected chi connectivity index (χ2v) is 5.56. The zero-order valence-electron chi connectivity index (χ0n) is 9.52. The molecular weight excluding hydrogens is 216 g/mol. The fraction of sp³-hybridized carbons (Fsp3) is 0.462. The molecule has 0 atom stereocenters. The summed E-state index contributed by atoms with van der Waals surface area (Å²) in [6.07, 6.45) is 6.15. The smallest absolute Gasteiger partial charge is 0.0830 e. The molecule has 1 aliphatic carbocycles. The van der Waals surface area contributed by atoms with Crippen molar-refractivity contribution < 1.29 is 0 Å². The van der Waals surface area contributed by atoms with Gasteiger partial charge < -0.3 is 4.90 Å². The number of anilines is 1. The van der Waals surface area contributed by atoms with Crippen molar-refractivity contribution in [1.82, 2.24) is 4.98 Å². The third kappa shape index (κ3) is 1.69. The molecule has 0 radical (unpaired) electrons. The zero-order valence-corrected chi connectivity index (χ0v) is 10.3. The van der Waals surface area contributed by atoms with Gasteiger partial charge in [0.15, 0.2) is 0 Å². The molecule has 0 N–H and O–H groups in total. The Kier molecular flexibility index (Phi) is 2.56. The van der Waals surface area contributed by atoms with Gasteiger partial charge in [0.2, 0.25) is 0 Å². The Labute approximate surface area is 99.9 Å². The summed E-state index contributed by atoms with van der Waals surface area (Å²) in [4.78, 5) is 6.77. The van der Waals surface area contributed by atoms with Gasteiger partial charge in [0, 0.05) is 19.8 Å². The van der Waals surface area contributed by atoms with Crippen LogP contribution in [0.1, 0.15) is 19.3 Å². The second-order valence-electron chi connectivity index (χ2n) is 4.64. The van der Waals surface area contributed by atoms with Crippen LogP contribution in [0.4, 0.5) is 5.69 Å². The molecule has 1 fully saturated rings. The Hall–Kier alpha value is -1.09. The van der Waals surface area contributed by atoms with Crippen LogP contribution in [-0.2, 0) is 0 Å². The van der Waals surface area contributed by atoms with Crippen LogP contribution in [-0.4, -0.2) is 18.6 Å². The lowest BCUT2D eigenvalue weighted by molar-refractivity contribution is 0.321. The molecule has 0 bridgehead atoms. The van der Waals surface area contributed by atoms with Gasteiger partial charge in [0.25, 0.3) is 0 Å². The number of hydrogen-bond donors (Lipinski definition) is 0. The maximum absolute atomic E-state index is 4.38. The molecular formula is C13H16N2S. The van der Waals surface area contributed by atoms with Crippen molar-refractivity contribution in [3.8, 4) is 0 Å². The molecule has 2 aromatic rings. The highest BCUT2D eigenvalue weighted by atomic mass is 32.1. The molecule has 0 unspecified atom stereocenters. The number of thiophene rings is 1. The maximum Gasteiger partial charge on any atom is 0.0830 e. The summed E-state index contributed by atoms with van der Waals surface area (Å²) < 4.78 is 1.32. The van der Waals surface area contributed by atoms with Crippen molar-refractivity contribution in [3.05, 3.63) is 23.7 Å². The normalized spacial score (nSPS) is 16.3. The van der Waals surface area contributed by atoms with E-state index >= 15 is 0 Å². The van der Waals surface area contributed by atoms with Gasteiger partial charge in [-0.15, -0.1) is 11.3 Å². The van der Waals surface area contributed by atoms with Crippen molar-refractivity contribution in [2.45, 2.75) is 19.3 Å². The quantitative estimate of drug-likeness (QED) is 0.804. The summed E-state index contributed by atoms with van der Waals surface area (Å²) in [5, 5.41) is 2.12. The highest BCUT2D eigenvalue weighted by Crippen LogP contribution is 2.32. The summed E-state index contributed by atoms with van der Waals surface area (Å²) in [7, 11) is 2.20. The van der Waals surface area contributed by atoms with Crippen LogP contribution in [0.3, 0.4) is 0 Å². The molecule has 0 spiro atoms. The van der Waals surface area contributed by atoms with Crippen LogP contribution in [0.25, 0.3) is 10.2 Å². The van der Waals surface area contributed by atoms with Gasteiger partial charge in [-0.2, -0.15) is 0 Å². The molecule has 0 aromatic carbocycles. The van der Waals surface area contributed by atoms with Gasteiger partial charge in [-0.1, -0.05) is 6.42 Å². The van der Waals surface area contributed by atoms with E-state index in [4.69, 9.17) is 0 Å². The highest BCUT2D eigenvalue weighted by Gasteiger charge is 2.20. The van der Waals surface area contributed by atoms with E-state index in [-0.39, 0.29) is 0 Å². The molecule has 1 saturated carbocycles. The first kappa shape index (κ1) is 10.1. The standard InChI is InChI=1S/C13H16N2S/c1-15(9-10-3-2-4-10)12-5-7-14-11-6-8-16-13(11)12/h5-8,10H,2-4,9H2,1H3. The lowest BCUT2D eigenvalue weighted by atomic mass is 9.85. The van der Waals surface area contributed by atoms with E-state index in [1.54, 1.807) is 11.3 Å². The fourth-order valence-corrected chi connectivity index (χ4v) is 3.24. The van der Waals surface area contributed by atoms with Crippen molar-refractivity contribution in [3.63, 3.8) is 0 Å². The van der Waals surface area contributed by atoms with Crippen LogP contribution in [0.5, 0.6) is 0 Å². The van der Waals surface area contributed by atoms with E-state index in [1.807, 2.05) is 6.20 Å². The summed E-state index contributed by atoms with van der Waals surface area (Å²) >= 11 is 1.79. The molecule has 3 rings (SSSR count). The van der Waals surface area contributed by atoms with Crippen molar-refractivity contribution >= 4 is 27.2 Å². The van der Waals surface area contributed by atoms with Gasteiger partial charge in [-0.25, -0.2) is 0 Å². The Balaban J connectivity index is 1.88. The zero-order chi connectivity index (χ0) is 11.0. The first-order valence-electron chi connectivity index (χ1n) is 5.88. The van der Waals surface area contributed by atoms with Gasteiger partial charge >= 0.3 is 0 Å². The van der Waals surface area contributed by atoms with E-state index in [2.05, 4.69) is 34.4 Å². The number of fused-ring (bicyclic) bond motifs is 1. The highest BCUT2D eigenvalue weighted by molar-refractivity contribution is 7.17. The summed E-state index contributed by atoms with van der Waals surface area (Å²) in [6.45, 7) is 1.19. The number of rotatable bonds is 3. The number of pyridine rings is 1. The average Bonchev–Trinajstić information content (AvgIpc) is 2.70. The van der Waals surface area contributed by atoms with Crippen LogP contribution < -0.4 is 4.90 Å². The monoisotopic (exact) mass is 232 g/mol. The van der Waals surface area contributed by atoms with E-state index in [0.717, 1.165) is 11.4 Å². The SMILES string of the molecule is CN(CC1CCC1)c1ccnc2ccsc12. The Morgan fingerprint density at radius 3 is 3.06 bits per heavy atom. The molecule has 1 aliphatic rings. The molecule has 2 heterocycles. The largest absolute Gasteiger partial charge is 0.373 e. The maximum atomic E-state index is 4.38. The molecule has 16 heavy (non-hydrogen) atoms. The molecule has 0 amide bonds. The van der Waals surface area contributed by atoms with Crippen LogP contribution in [0, 0.1) is 5.92 Å². The van der Waals surface area contributed by atoms with Crippen molar-refractivity contribution in [2.24, 2.45) is 5.92 Å². The Bertz CT molecular complexity index is 487. The van der Waals surface area contributed by atoms with Crippen LogP contribution in [0.2, 0.25) is 0 Å². The lowest BCUT2D eigenvalue weighted by Crippen LogP contribution is -2.29. The van der Waals surface area contributed by atoms with E-state index < -0.39 is 0 Å². The Morgan fingerprint density at radius 1 is 1.44 bits per heavy atom. The van der Waals surface area contributed by atoms with Crippen molar-refractivity contribution in [1.29, 1.82) is 0 Å². The van der Waals surface area contributed by atoms with Crippen LogP contribution in [0.15, 0.2) is 23.7 Å². The molecule has 2 nitrogen and oxygen atoms in total. The Morgan fingerprint density at radius 2 is 2.31 bits per heavy atom. The fourth-order valence-electron chi connectivity index (χ4n) is 2.32. The van der Waals surface area contributed by atoms with Gasteiger partial charge in [0.05, 0.1) is 15.9 Å². The first-order chi connectivity index (χ1) is 7.84. The predicted octanol–water partition coefficient (Wildman–Crippen LogP) is 3.53. The van der Waals surface area contributed by atoms with Crippen LogP contribution >= 0.6 is 11.3 Å². The van der Waals surface area contributed by atoms with E-state index in [9.17, 15) is 0 Å². The molecule has 0 aliphatic heterocycles. The summed E-state index contributed by atoms with van der Waals surface area (Å²) in [5.74, 6) is 0.910. The predicted molar refractivity (Wildman–Crippen MR) is 70.2 cm³/mol. The molecule has 2 aromatic heterocycles. The summed E-state index contributed by atoms with van der Waals surface area (Å²) in [6, 6.07) is 4.23. The minimum Gasteiger partial charge on any atom is -0.373 e. The van der Waals surface area contributed by atoms with Gasteiger partial charge in [-0.05, 0) is 36.3 Å². The number of hydrogen-bond acceptors (Lipinski definition) is 3. The van der Waals surface area contributed by atoms with E-state index in [0.29, 0.717) is 0 Å². The van der Waals surface area contributed by atoms with Crippen molar-refractivity contribution in [2.75, 3.05) is 18.5 Å². The summed E-state index contributed by atoms with van der Waals surface area (Å²) in [5.41, 5.74) is 2.47. The van der Waals surface area contributed by atoms with Gasteiger partial charge in [0.1, 0.15) is 0 Å². The molecule has 84 valence electrons. The minimum absolute atomic E-state index is 0.910. The topological polar surface area (TPSA) is 16.1 Å². The average molecular weight is 232 g/mol. The third-order valence-corrected chi connectivity index (χ3v) is 4.42. The van der Waals surface area contributed by atoms with E-state index in [1.165, 1.54) is 36.2 Å². The van der Waals surface area contributed by atoms with Gasteiger partial charge in [-0.3, -0.25) is 4.98 Å². The first-order valence-corrected chi connectivity index (χ1v) is 6.76. The molecule has 3 heteroatoms.